The fourth-order valence-corrected chi connectivity index (χ4v) is 3.42. The Hall–Kier alpha value is -1.40. The van der Waals surface area contributed by atoms with E-state index < -0.39 is 0 Å². The molecule has 1 aromatic carbocycles. The second kappa shape index (κ2) is 5.77. The van der Waals surface area contributed by atoms with Crippen LogP contribution in [-0.2, 0) is 11.2 Å². The molecule has 2 atom stereocenters. The van der Waals surface area contributed by atoms with Gasteiger partial charge >= 0.3 is 0 Å². The smallest absolute Gasteiger partial charge is 0.234 e. The SMILES string of the molecule is CC1(c2nc(CSc3ccc(F)cc3)no2)CCCC1N. The molecule has 0 aliphatic heterocycles. The average molecular weight is 307 g/mol. The van der Waals surface area contributed by atoms with Crippen molar-refractivity contribution < 1.29 is 8.91 Å². The predicted octanol–water partition coefficient (Wildman–Crippen LogP) is 3.27. The van der Waals surface area contributed by atoms with Gasteiger partial charge in [0.25, 0.3) is 0 Å². The summed E-state index contributed by atoms with van der Waals surface area (Å²) in [5, 5.41) is 4.04. The first-order valence-corrected chi connectivity index (χ1v) is 8.03. The molecule has 0 radical (unpaired) electrons. The van der Waals surface area contributed by atoms with Crippen LogP contribution in [0.3, 0.4) is 0 Å². The fourth-order valence-electron chi connectivity index (χ4n) is 2.68. The lowest BCUT2D eigenvalue weighted by atomic mass is 9.85. The number of hydrogen-bond acceptors (Lipinski definition) is 5. The molecule has 2 aromatic rings. The van der Waals surface area contributed by atoms with E-state index in [1.165, 1.54) is 12.1 Å². The Kier molecular flexibility index (Phi) is 3.99. The zero-order valence-corrected chi connectivity index (χ0v) is 12.7. The van der Waals surface area contributed by atoms with Gasteiger partial charge in [-0.3, -0.25) is 0 Å². The molecule has 112 valence electrons. The Morgan fingerprint density at radius 2 is 2.19 bits per heavy atom. The Morgan fingerprint density at radius 1 is 1.43 bits per heavy atom. The van der Waals surface area contributed by atoms with Crippen molar-refractivity contribution in [3.63, 3.8) is 0 Å². The van der Waals surface area contributed by atoms with E-state index in [9.17, 15) is 4.39 Å². The van der Waals surface area contributed by atoms with Crippen LogP contribution in [0.1, 0.15) is 37.9 Å². The summed E-state index contributed by atoms with van der Waals surface area (Å²) in [7, 11) is 0. The molecule has 1 heterocycles. The van der Waals surface area contributed by atoms with Gasteiger partial charge in [0.2, 0.25) is 5.89 Å². The van der Waals surface area contributed by atoms with Crippen molar-refractivity contribution in [1.29, 1.82) is 0 Å². The van der Waals surface area contributed by atoms with Gasteiger partial charge in [-0.25, -0.2) is 4.39 Å². The minimum atomic E-state index is -0.232. The van der Waals surface area contributed by atoms with Crippen LogP contribution in [0.5, 0.6) is 0 Å². The Labute approximate surface area is 127 Å². The molecule has 3 rings (SSSR count). The molecule has 0 amide bonds. The minimum Gasteiger partial charge on any atom is -0.339 e. The molecule has 1 saturated carbocycles. The number of rotatable bonds is 4. The van der Waals surface area contributed by atoms with Crippen molar-refractivity contribution in [2.75, 3.05) is 0 Å². The normalized spacial score (nSPS) is 25.4. The molecule has 1 aliphatic rings. The highest BCUT2D eigenvalue weighted by molar-refractivity contribution is 7.98. The monoisotopic (exact) mass is 307 g/mol. The first-order chi connectivity index (χ1) is 10.1. The molecule has 2 N–H and O–H groups in total. The van der Waals surface area contributed by atoms with Gasteiger partial charge in [0, 0.05) is 10.9 Å². The van der Waals surface area contributed by atoms with Crippen LogP contribution in [-0.4, -0.2) is 16.2 Å². The van der Waals surface area contributed by atoms with E-state index in [0.29, 0.717) is 17.5 Å². The summed E-state index contributed by atoms with van der Waals surface area (Å²) in [4.78, 5) is 5.47. The molecule has 0 bridgehead atoms. The third-order valence-corrected chi connectivity index (χ3v) is 5.18. The standard InChI is InChI=1S/C15H18FN3OS/c1-15(8-2-3-12(15)17)14-18-13(19-20-14)9-21-11-6-4-10(16)5-7-11/h4-7,12H,2-3,8-9,17H2,1H3. The average Bonchev–Trinajstić information content (AvgIpc) is 3.07. The Balaban J connectivity index is 1.67. The summed E-state index contributed by atoms with van der Waals surface area (Å²) < 4.78 is 18.3. The van der Waals surface area contributed by atoms with Crippen molar-refractivity contribution in [3.8, 4) is 0 Å². The fraction of sp³-hybridized carbons (Fsp3) is 0.467. The van der Waals surface area contributed by atoms with Crippen molar-refractivity contribution in [2.45, 2.75) is 48.3 Å². The van der Waals surface area contributed by atoms with E-state index in [-0.39, 0.29) is 17.3 Å². The second-order valence-electron chi connectivity index (χ2n) is 5.67. The molecule has 1 aromatic heterocycles. The quantitative estimate of drug-likeness (QED) is 0.878. The summed E-state index contributed by atoms with van der Waals surface area (Å²) in [5.41, 5.74) is 5.96. The Morgan fingerprint density at radius 3 is 2.86 bits per heavy atom. The molecule has 21 heavy (non-hydrogen) atoms. The topological polar surface area (TPSA) is 64.9 Å². The first-order valence-electron chi connectivity index (χ1n) is 7.05. The van der Waals surface area contributed by atoms with E-state index >= 15 is 0 Å². The van der Waals surface area contributed by atoms with Crippen molar-refractivity contribution >= 4 is 11.8 Å². The largest absolute Gasteiger partial charge is 0.339 e. The number of nitrogens with zero attached hydrogens (tertiary/aromatic N) is 2. The number of hydrogen-bond donors (Lipinski definition) is 1. The molecule has 6 heteroatoms. The third kappa shape index (κ3) is 2.96. The van der Waals surface area contributed by atoms with Gasteiger partial charge in [-0.15, -0.1) is 11.8 Å². The van der Waals surface area contributed by atoms with Crippen LogP contribution in [0.4, 0.5) is 4.39 Å². The molecule has 0 saturated heterocycles. The van der Waals surface area contributed by atoms with Gasteiger partial charge in [-0.05, 0) is 44.0 Å². The lowest BCUT2D eigenvalue weighted by Crippen LogP contribution is -2.38. The maximum Gasteiger partial charge on any atom is 0.234 e. The van der Waals surface area contributed by atoms with Gasteiger partial charge in [0.1, 0.15) is 5.82 Å². The molecular weight excluding hydrogens is 289 g/mol. The van der Waals surface area contributed by atoms with E-state index in [2.05, 4.69) is 17.1 Å². The molecule has 1 aliphatic carbocycles. The maximum absolute atomic E-state index is 12.8. The lowest BCUT2D eigenvalue weighted by molar-refractivity contribution is 0.277. The molecular formula is C15H18FN3OS. The zero-order valence-electron chi connectivity index (χ0n) is 11.9. The van der Waals surface area contributed by atoms with Crippen molar-refractivity contribution in [2.24, 2.45) is 5.73 Å². The van der Waals surface area contributed by atoms with E-state index in [4.69, 9.17) is 10.3 Å². The highest BCUT2D eigenvalue weighted by Gasteiger charge is 2.42. The lowest BCUT2D eigenvalue weighted by Gasteiger charge is -2.23. The summed E-state index contributed by atoms with van der Waals surface area (Å²) in [6, 6.07) is 6.46. The predicted molar refractivity (Wildman–Crippen MR) is 79.4 cm³/mol. The maximum atomic E-state index is 12.8. The van der Waals surface area contributed by atoms with Gasteiger partial charge in [-0.2, -0.15) is 4.98 Å². The number of aromatic nitrogens is 2. The molecule has 2 unspecified atom stereocenters. The van der Waals surface area contributed by atoms with Gasteiger partial charge < -0.3 is 10.3 Å². The third-order valence-electron chi connectivity index (χ3n) is 4.17. The summed E-state index contributed by atoms with van der Waals surface area (Å²) in [6.45, 7) is 2.09. The van der Waals surface area contributed by atoms with Crippen LogP contribution < -0.4 is 5.73 Å². The van der Waals surface area contributed by atoms with Crippen LogP contribution in [0.2, 0.25) is 0 Å². The van der Waals surface area contributed by atoms with E-state index in [1.807, 2.05) is 0 Å². The number of nitrogens with two attached hydrogens (primary N) is 1. The molecule has 0 spiro atoms. The summed E-state index contributed by atoms with van der Waals surface area (Å²) >= 11 is 1.55. The molecule has 4 nitrogen and oxygen atoms in total. The highest BCUT2D eigenvalue weighted by atomic mass is 32.2. The number of halogens is 1. The van der Waals surface area contributed by atoms with E-state index in [0.717, 1.165) is 24.2 Å². The van der Waals surface area contributed by atoms with Gasteiger partial charge in [-0.1, -0.05) is 11.6 Å². The van der Waals surface area contributed by atoms with Crippen LogP contribution in [0.15, 0.2) is 33.7 Å². The zero-order chi connectivity index (χ0) is 14.9. The second-order valence-corrected chi connectivity index (χ2v) is 6.72. The highest BCUT2D eigenvalue weighted by Crippen LogP contribution is 2.39. The summed E-state index contributed by atoms with van der Waals surface area (Å²) in [6.07, 6.45) is 3.08. The van der Waals surface area contributed by atoms with Crippen LogP contribution in [0, 0.1) is 5.82 Å². The number of thioether (sulfide) groups is 1. The number of benzene rings is 1. The Bertz CT molecular complexity index is 616. The van der Waals surface area contributed by atoms with E-state index in [1.54, 1.807) is 23.9 Å². The van der Waals surface area contributed by atoms with Crippen LogP contribution in [0.25, 0.3) is 0 Å². The molecule has 1 fully saturated rings. The summed E-state index contributed by atoms with van der Waals surface area (Å²) in [5.74, 6) is 1.66. The first kappa shape index (κ1) is 14.5. The minimum absolute atomic E-state index is 0.0792. The van der Waals surface area contributed by atoms with Gasteiger partial charge in [0.05, 0.1) is 11.2 Å². The van der Waals surface area contributed by atoms with Crippen molar-refractivity contribution in [3.05, 3.63) is 41.8 Å². The van der Waals surface area contributed by atoms with Crippen molar-refractivity contribution in [1.82, 2.24) is 10.1 Å². The van der Waals surface area contributed by atoms with Gasteiger partial charge in [0.15, 0.2) is 5.82 Å². The van der Waals surface area contributed by atoms with Crippen LogP contribution >= 0.6 is 11.8 Å².